The molecule has 1 aromatic heterocycles. The molecular formula is C10H11NO2. The lowest BCUT2D eigenvalue weighted by Gasteiger charge is -2.04. The van der Waals surface area contributed by atoms with Gasteiger partial charge in [0.25, 0.3) is 0 Å². The standard InChI is InChI=1S/C10H11NO2/c1-2-8-3-7-5-13-6-9(7)10(4-12)11-8/h2-3,12H,1,4-6H2. The summed E-state index contributed by atoms with van der Waals surface area (Å²) in [5.41, 5.74) is 3.67. The lowest BCUT2D eigenvalue weighted by atomic mass is 10.1. The van der Waals surface area contributed by atoms with E-state index in [1.165, 1.54) is 0 Å². The van der Waals surface area contributed by atoms with Gasteiger partial charge in [0.2, 0.25) is 0 Å². The summed E-state index contributed by atoms with van der Waals surface area (Å²) in [7, 11) is 0. The van der Waals surface area contributed by atoms with E-state index in [0.29, 0.717) is 18.9 Å². The third kappa shape index (κ3) is 1.36. The number of hydrogen-bond donors (Lipinski definition) is 1. The molecule has 0 atom stereocenters. The molecule has 0 radical (unpaired) electrons. The summed E-state index contributed by atoms with van der Waals surface area (Å²) in [5, 5.41) is 9.07. The molecule has 13 heavy (non-hydrogen) atoms. The second-order valence-electron chi connectivity index (χ2n) is 2.99. The summed E-state index contributed by atoms with van der Waals surface area (Å²) in [6, 6.07) is 1.95. The van der Waals surface area contributed by atoms with Crippen molar-refractivity contribution in [2.75, 3.05) is 0 Å². The van der Waals surface area contributed by atoms with Crippen LogP contribution >= 0.6 is 0 Å². The van der Waals surface area contributed by atoms with Gasteiger partial charge in [-0.05, 0) is 17.7 Å². The summed E-state index contributed by atoms with van der Waals surface area (Å²) in [4.78, 5) is 4.23. The molecule has 0 spiro atoms. The average molecular weight is 177 g/mol. The molecular weight excluding hydrogens is 166 g/mol. The highest BCUT2D eigenvalue weighted by Gasteiger charge is 2.16. The van der Waals surface area contributed by atoms with Crippen LogP contribution in [0.15, 0.2) is 12.6 Å². The molecule has 0 bridgehead atoms. The Kier molecular flexibility index (Phi) is 2.12. The van der Waals surface area contributed by atoms with Crippen LogP contribution in [0.2, 0.25) is 0 Å². The van der Waals surface area contributed by atoms with Gasteiger partial charge >= 0.3 is 0 Å². The lowest BCUT2D eigenvalue weighted by molar-refractivity contribution is 0.133. The van der Waals surface area contributed by atoms with Crippen molar-refractivity contribution in [2.24, 2.45) is 0 Å². The van der Waals surface area contributed by atoms with Crippen LogP contribution in [0.1, 0.15) is 22.5 Å². The Hall–Kier alpha value is -1.19. The van der Waals surface area contributed by atoms with Crippen molar-refractivity contribution >= 4 is 6.08 Å². The fourth-order valence-corrected chi connectivity index (χ4v) is 1.51. The molecule has 1 aromatic rings. The van der Waals surface area contributed by atoms with Crippen LogP contribution in [0, 0.1) is 0 Å². The third-order valence-corrected chi connectivity index (χ3v) is 2.19. The lowest BCUT2D eigenvalue weighted by Crippen LogP contribution is -1.99. The Morgan fingerprint density at radius 1 is 1.62 bits per heavy atom. The van der Waals surface area contributed by atoms with E-state index in [-0.39, 0.29) is 6.61 Å². The van der Waals surface area contributed by atoms with Gasteiger partial charge in [-0.1, -0.05) is 6.58 Å². The van der Waals surface area contributed by atoms with Crippen molar-refractivity contribution < 1.29 is 9.84 Å². The van der Waals surface area contributed by atoms with Gasteiger partial charge in [0.1, 0.15) is 0 Å². The number of fused-ring (bicyclic) bond motifs is 1. The minimum atomic E-state index is -0.0344. The largest absolute Gasteiger partial charge is 0.390 e. The molecule has 2 rings (SSSR count). The van der Waals surface area contributed by atoms with Crippen molar-refractivity contribution in [2.45, 2.75) is 19.8 Å². The summed E-state index contributed by atoms with van der Waals surface area (Å²) < 4.78 is 5.27. The Morgan fingerprint density at radius 2 is 2.46 bits per heavy atom. The molecule has 0 fully saturated rings. The van der Waals surface area contributed by atoms with Crippen LogP contribution in [0.4, 0.5) is 0 Å². The molecule has 3 nitrogen and oxygen atoms in total. The first-order valence-electron chi connectivity index (χ1n) is 4.18. The molecule has 68 valence electrons. The molecule has 0 unspecified atom stereocenters. The normalized spacial score (nSPS) is 14.2. The monoisotopic (exact) mass is 177 g/mol. The fourth-order valence-electron chi connectivity index (χ4n) is 1.51. The minimum Gasteiger partial charge on any atom is -0.390 e. The van der Waals surface area contributed by atoms with Crippen molar-refractivity contribution in [1.82, 2.24) is 4.98 Å². The zero-order valence-electron chi connectivity index (χ0n) is 7.29. The number of aliphatic hydroxyl groups is 1. The number of rotatable bonds is 2. The van der Waals surface area contributed by atoms with Crippen molar-refractivity contribution in [3.8, 4) is 0 Å². The predicted octanol–water partition coefficient (Wildman–Crippen LogP) is 1.25. The molecule has 1 aliphatic rings. The molecule has 0 saturated heterocycles. The molecule has 0 amide bonds. The van der Waals surface area contributed by atoms with E-state index in [2.05, 4.69) is 11.6 Å². The summed E-state index contributed by atoms with van der Waals surface area (Å²) >= 11 is 0. The predicted molar refractivity (Wildman–Crippen MR) is 48.7 cm³/mol. The second kappa shape index (κ2) is 3.28. The Labute approximate surface area is 76.7 Å². The Balaban J connectivity index is 2.55. The van der Waals surface area contributed by atoms with Gasteiger partial charge in [-0.15, -0.1) is 0 Å². The van der Waals surface area contributed by atoms with Gasteiger partial charge in [0.15, 0.2) is 0 Å². The molecule has 0 saturated carbocycles. The summed E-state index contributed by atoms with van der Waals surface area (Å²) in [5.74, 6) is 0. The van der Waals surface area contributed by atoms with Gasteiger partial charge in [-0.3, -0.25) is 4.98 Å². The maximum Gasteiger partial charge on any atom is 0.0857 e. The van der Waals surface area contributed by atoms with Crippen molar-refractivity contribution in [3.63, 3.8) is 0 Å². The van der Waals surface area contributed by atoms with E-state index in [9.17, 15) is 0 Å². The zero-order chi connectivity index (χ0) is 9.26. The van der Waals surface area contributed by atoms with E-state index >= 15 is 0 Å². The SMILES string of the molecule is C=Cc1cc2c(c(CO)n1)COC2. The molecule has 2 heterocycles. The van der Waals surface area contributed by atoms with E-state index < -0.39 is 0 Å². The quantitative estimate of drug-likeness (QED) is 0.739. The molecule has 1 aliphatic heterocycles. The maximum atomic E-state index is 9.07. The molecule has 3 heteroatoms. The highest BCUT2D eigenvalue weighted by atomic mass is 16.5. The van der Waals surface area contributed by atoms with Crippen molar-refractivity contribution in [1.29, 1.82) is 0 Å². The van der Waals surface area contributed by atoms with Crippen LogP contribution in [-0.4, -0.2) is 10.1 Å². The van der Waals surface area contributed by atoms with Gasteiger partial charge in [-0.2, -0.15) is 0 Å². The first-order chi connectivity index (χ1) is 6.35. The van der Waals surface area contributed by atoms with Crippen LogP contribution in [0.3, 0.4) is 0 Å². The maximum absolute atomic E-state index is 9.07. The minimum absolute atomic E-state index is 0.0344. The number of nitrogens with zero attached hydrogens (tertiary/aromatic N) is 1. The summed E-state index contributed by atoms with van der Waals surface area (Å²) in [6.07, 6.45) is 1.68. The Bertz CT molecular complexity index is 347. The first kappa shape index (κ1) is 8.41. The van der Waals surface area contributed by atoms with Crippen LogP contribution in [0.5, 0.6) is 0 Å². The third-order valence-electron chi connectivity index (χ3n) is 2.19. The van der Waals surface area contributed by atoms with Crippen LogP contribution < -0.4 is 0 Å². The van der Waals surface area contributed by atoms with Crippen molar-refractivity contribution in [3.05, 3.63) is 35.2 Å². The number of pyridine rings is 1. The molecule has 0 aliphatic carbocycles. The number of aromatic nitrogens is 1. The highest BCUT2D eigenvalue weighted by Crippen LogP contribution is 2.23. The van der Waals surface area contributed by atoms with Crippen LogP contribution in [-0.2, 0) is 24.6 Å². The highest BCUT2D eigenvalue weighted by molar-refractivity contribution is 5.47. The number of ether oxygens (including phenoxy) is 1. The molecule has 0 aromatic carbocycles. The zero-order valence-corrected chi connectivity index (χ0v) is 7.29. The van der Waals surface area contributed by atoms with E-state index in [1.54, 1.807) is 6.08 Å². The second-order valence-corrected chi connectivity index (χ2v) is 2.99. The smallest absolute Gasteiger partial charge is 0.0857 e. The summed E-state index contributed by atoms with van der Waals surface area (Å²) in [6.45, 7) is 4.79. The van der Waals surface area contributed by atoms with E-state index in [4.69, 9.17) is 9.84 Å². The van der Waals surface area contributed by atoms with Gasteiger partial charge in [-0.25, -0.2) is 0 Å². The number of hydrogen-bond acceptors (Lipinski definition) is 3. The number of aliphatic hydroxyl groups excluding tert-OH is 1. The van der Waals surface area contributed by atoms with E-state index in [1.807, 2.05) is 6.07 Å². The van der Waals surface area contributed by atoms with Gasteiger partial charge in [0.05, 0.1) is 31.2 Å². The Morgan fingerprint density at radius 3 is 3.15 bits per heavy atom. The van der Waals surface area contributed by atoms with Gasteiger partial charge in [0, 0.05) is 5.56 Å². The first-order valence-corrected chi connectivity index (χ1v) is 4.18. The van der Waals surface area contributed by atoms with E-state index in [0.717, 1.165) is 16.8 Å². The van der Waals surface area contributed by atoms with Crippen LogP contribution in [0.25, 0.3) is 6.08 Å². The molecule has 1 N–H and O–H groups in total. The fraction of sp³-hybridized carbons (Fsp3) is 0.300. The van der Waals surface area contributed by atoms with Gasteiger partial charge < -0.3 is 9.84 Å². The average Bonchev–Trinajstić information content (AvgIpc) is 2.63. The topological polar surface area (TPSA) is 42.4 Å².